The summed E-state index contributed by atoms with van der Waals surface area (Å²) in [4.78, 5) is 39.3. The maximum Gasteiger partial charge on any atom is 0.416 e. The maximum atomic E-state index is 12.6. The van der Waals surface area contributed by atoms with Crippen LogP contribution in [0.1, 0.15) is 47.0 Å². The second-order valence-corrected chi connectivity index (χ2v) is 7.13. The molecule has 23 heavy (non-hydrogen) atoms. The molecular weight excluding hydrogens is 300 g/mol. The molecule has 0 spiro atoms. The lowest BCUT2D eigenvalue weighted by atomic mass is 9.91. The van der Waals surface area contributed by atoms with E-state index in [4.69, 9.17) is 9.47 Å². The van der Waals surface area contributed by atoms with Gasteiger partial charge in [0.25, 0.3) is 0 Å². The van der Waals surface area contributed by atoms with E-state index in [1.165, 1.54) is 0 Å². The van der Waals surface area contributed by atoms with E-state index < -0.39 is 23.7 Å². The minimum absolute atomic E-state index is 0.234. The van der Waals surface area contributed by atoms with Gasteiger partial charge in [-0.1, -0.05) is 6.92 Å². The average Bonchev–Trinajstić information content (AvgIpc) is 2.90. The van der Waals surface area contributed by atoms with Gasteiger partial charge in [0.05, 0.1) is 12.5 Å². The van der Waals surface area contributed by atoms with Gasteiger partial charge in [0, 0.05) is 12.6 Å². The Bertz CT molecular complexity index is 485. The van der Waals surface area contributed by atoms with E-state index in [9.17, 15) is 14.4 Å². The molecule has 2 heterocycles. The standard InChI is InChI=1S/C16H26N2O5/c1-11(13(19)18-9-10-22-14(18)20)12-7-5-6-8-17(12)15(21)23-16(2,3)4/h11-12H,5-10H2,1-4H3/t11-,12+/m0/s1. The quantitative estimate of drug-likeness (QED) is 0.779. The molecule has 130 valence electrons. The van der Waals surface area contributed by atoms with Crippen molar-refractivity contribution in [3.63, 3.8) is 0 Å². The van der Waals surface area contributed by atoms with E-state index in [1.807, 2.05) is 20.8 Å². The Labute approximate surface area is 136 Å². The summed E-state index contributed by atoms with van der Waals surface area (Å²) in [6.07, 6.45) is 1.58. The molecule has 2 fully saturated rings. The molecule has 7 heteroatoms. The lowest BCUT2D eigenvalue weighted by Crippen LogP contribution is -2.52. The molecule has 0 bridgehead atoms. The summed E-state index contributed by atoms with van der Waals surface area (Å²) in [6, 6.07) is -0.250. The highest BCUT2D eigenvalue weighted by atomic mass is 16.6. The van der Waals surface area contributed by atoms with Gasteiger partial charge in [-0.3, -0.25) is 4.79 Å². The van der Waals surface area contributed by atoms with Gasteiger partial charge in [0.2, 0.25) is 5.91 Å². The first kappa shape index (κ1) is 17.6. The normalized spacial score (nSPS) is 23.5. The van der Waals surface area contributed by atoms with Gasteiger partial charge in [-0.05, 0) is 40.0 Å². The van der Waals surface area contributed by atoms with Gasteiger partial charge >= 0.3 is 12.2 Å². The Kier molecular flexibility index (Phi) is 5.16. The number of piperidine rings is 1. The minimum atomic E-state index is -0.596. The van der Waals surface area contributed by atoms with Crippen LogP contribution in [0.4, 0.5) is 9.59 Å². The molecule has 0 N–H and O–H groups in total. The van der Waals surface area contributed by atoms with E-state index in [2.05, 4.69) is 0 Å². The fraction of sp³-hybridized carbons (Fsp3) is 0.812. The number of hydrogen-bond acceptors (Lipinski definition) is 5. The highest BCUT2D eigenvalue weighted by Gasteiger charge is 2.40. The van der Waals surface area contributed by atoms with Crippen molar-refractivity contribution >= 4 is 18.1 Å². The van der Waals surface area contributed by atoms with Crippen molar-refractivity contribution in [2.45, 2.75) is 58.6 Å². The van der Waals surface area contributed by atoms with Crippen molar-refractivity contribution in [1.82, 2.24) is 9.80 Å². The first-order valence-electron chi connectivity index (χ1n) is 8.18. The van der Waals surface area contributed by atoms with Crippen LogP contribution in [-0.4, -0.2) is 59.2 Å². The Morgan fingerprint density at radius 1 is 1.26 bits per heavy atom. The van der Waals surface area contributed by atoms with Crippen LogP contribution in [0.3, 0.4) is 0 Å². The summed E-state index contributed by atoms with van der Waals surface area (Å²) in [6.45, 7) is 8.30. The molecule has 0 radical (unpaired) electrons. The second-order valence-electron chi connectivity index (χ2n) is 7.13. The first-order valence-corrected chi connectivity index (χ1v) is 8.18. The van der Waals surface area contributed by atoms with Gasteiger partial charge in [0.15, 0.2) is 0 Å². The molecule has 2 atom stereocenters. The van der Waals surface area contributed by atoms with E-state index in [0.717, 1.165) is 24.2 Å². The van der Waals surface area contributed by atoms with Gasteiger partial charge in [0.1, 0.15) is 12.2 Å². The summed E-state index contributed by atoms with van der Waals surface area (Å²) in [5, 5.41) is 0. The summed E-state index contributed by atoms with van der Waals surface area (Å²) in [7, 11) is 0. The number of carbonyl (C=O) groups excluding carboxylic acids is 3. The van der Waals surface area contributed by atoms with E-state index >= 15 is 0 Å². The van der Waals surface area contributed by atoms with Crippen LogP contribution in [-0.2, 0) is 14.3 Å². The van der Waals surface area contributed by atoms with Gasteiger partial charge in [-0.2, -0.15) is 0 Å². The van der Waals surface area contributed by atoms with E-state index in [-0.39, 0.29) is 25.1 Å². The summed E-state index contributed by atoms with van der Waals surface area (Å²) < 4.78 is 10.3. The third kappa shape index (κ3) is 4.14. The Balaban J connectivity index is 2.09. The van der Waals surface area contributed by atoms with Gasteiger partial charge in [-0.15, -0.1) is 0 Å². The summed E-state index contributed by atoms with van der Waals surface area (Å²) >= 11 is 0. The Hall–Kier alpha value is -1.79. The highest BCUT2D eigenvalue weighted by molar-refractivity contribution is 5.94. The van der Waals surface area contributed by atoms with Gasteiger partial charge < -0.3 is 14.4 Å². The molecule has 0 aromatic carbocycles. The van der Waals surface area contributed by atoms with Crippen LogP contribution >= 0.6 is 0 Å². The SMILES string of the molecule is C[C@H](C(=O)N1CCOC1=O)[C@H]1CCCCN1C(=O)OC(C)(C)C. The minimum Gasteiger partial charge on any atom is -0.447 e. The number of nitrogens with zero attached hydrogens (tertiary/aromatic N) is 2. The predicted molar refractivity (Wildman–Crippen MR) is 82.8 cm³/mol. The number of amides is 3. The molecule has 2 aliphatic heterocycles. The van der Waals surface area contributed by atoms with Crippen molar-refractivity contribution in [2.75, 3.05) is 19.7 Å². The lowest BCUT2D eigenvalue weighted by Gasteiger charge is -2.39. The molecule has 0 unspecified atom stereocenters. The average molecular weight is 326 g/mol. The monoisotopic (exact) mass is 326 g/mol. The lowest BCUT2D eigenvalue weighted by molar-refractivity contribution is -0.134. The number of cyclic esters (lactones) is 1. The molecule has 3 amide bonds. The predicted octanol–water partition coefficient (Wildman–Crippen LogP) is 2.39. The van der Waals surface area contributed by atoms with Crippen LogP contribution in [0.25, 0.3) is 0 Å². The molecular formula is C16H26N2O5. The number of likely N-dealkylation sites (tertiary alicyclic amines) is 1. The second kappa shape index (κ2) is 6.76. The van der Waals surface area contributed by atoms with E-state index in [0.29, 0.717) is 6.54 Å². The highest BCUT2D eigenvalue weighted by Crippen LogP contribution is 2.27. The molecule has 0 aliphatic carbocycles. The van der Waals surface area contributed by atoms with Crippen LogP contribution in [0.2, 0.25) is 0 Å². The first-order chi connectivity index (χ1) is 10.7. The van der Waals surface area contributed by atoms with E-state index in [1.54, 1.807) is 11.8 Å². The zero-order chi connectivity index (χ0) is 17.2. The maximum absolute atomic E-state index is 12.6. The van der Waals surface area contributed by atoms with Crippen LogP contribution in [0.15, 0.2) is 0 Å². The fourth-order valence-corrected chi connectivity index (χ4v) is 3.03. The Morgan fingerprint density at radius 3 is 2.52 bits per heavy atom. The molecule has 0 aromatic rings. The smallest absolute Gasteiger partial charge is 0.416 e. The largest absolute Gasteiger partial charge is 0.447 e. The number of ether oxygens (including phenoxy) is 2. The third-order valence-corrected chi connectivity index (χ3v) is 4.17. The molecule has 2 saturated heterocycles. The number of carbonyl (C=O) groups is 3. The molecule has 7 nitrogen and oxygen atoms in total. The topological polar surface area (TPSA) is 76.2 Å². The van der Waals surface area contributed by atoms with Crippen LogP contribution in [0, 0.1) is 5.92 Å². The van der Waals surface area contributed by atoms with Crippen LogP contribution < -0.4 is 0 Å². The van der Waals surface area contributed by atoms with Crippen molar-refractivity contribution < 1.29 is 23.9 Å². The molecule has 2 rings (SSSR count). The Morgan fingerprint density at radius 2 is 1.96 bits per heavy atom. The number of rotatable bonds is 2. The van der Waals surface area contributed by atoms with Crippen molar-refractivity contribution in [2.24, 2.45) is 5.92 Å². The third-order valence-electron chi connectivity index (χ3n) is 4.17. The number of hydrogen-bond donors (Lipinski definition) is 0. The van der Waals surface area contributed by atoms with Crippen molar-refractivity contribution in [3.05, 3.63) is 0 Å². The van der Waals surface area contributed by atoms with Crippen molar-refractivity contribution in [1.29, 1.82) is 0 Å². The summed E-state index contributed by atoms with van der Waals surface area (Å²) in [5.74, 6) is -0.749. The number of imide groups is 1. The van der Waals surface area contributed by atoms with Crippen LogP contribution in [0.5, 0.6) is 0 Å². The zero-order valence-electron chi connectivity index (χ0n) is 14.3. The summed E-state index contributed by atoms with van der Waals surface area (Å²) in [5.41, 5.74) is -0.578. The zero-order valence-corrected chi connectivity index (χ0v) is 14.3. The molecule has 2 aliphatic rings. The van der Waals surface area contributed by atoms with Crippen molar-refractivity contribution in [3.8, 4) is 0 Å². The van der Waals surface area contributed by atoms with Gasteiger partial charge in [-0.25, -0.2) is 14.5 Å². The fourth-order valence-electron chi connectivity index (χ4n) is 3.03. The molecule has 0 saturated carbocycles. The molecule has 0 aromatic heterocycles.